The molecule has 0 saturated heterocycles. The zero-order valence-corrected chi connectivity index (χ0v) is 11.5. The second-order valence-electron chi connectivity index (χ2n) is 4.04. The molecule has 2 rings (SSSR count). The van der Waals surface area contributed by atoms with Gasteiger partial charge < -0.3 is 9.67 Å². The highest BCUT2D eigenvalue weighted by Gasteiger charge is 2.11. The molecule has 94 valence electrons. The number of hydrogen-bond acceptors (Lipinski definition) is 2. The van der Waals surface area contributed by atoms with Crippen molar-refractivity contribution in [3.63, 3.8) is 0 Å². The monoisotopic (exact) mass is 308 g/mol. The van der Waals surface area contributed by atoms with Crippen molar-refractivity contribution >= 4 is 21.9 Å². The molecule has 5 heteroatoms. The lowest BCUT2D eigenvalue weighted by molar-refractivity contribution is -0.136. The number of benzene rings is 1. The fourth-order valence-electron chi connectivity index (χ4n) is 1.78. The zero-order valence-electron chi connectivity index (χ0n) is 9.93. The summed E-state index contributed by atoms with van der Waals surface area (Å²) in [5.74, 6) is 0.0333. The van der Waals surface area contributed by atoms with Crippen LogP contribution in [-0.4, -0.2) is 20.6 Å². The molecule has 0 aliphatic heterocycles. The van der Waals surface area contributed by atoms with Gasteiger partial charge in [-0.3, -0.25) is 4.79 Å². The van der Waals surface area contributed by atoms with Crippen molar-refractivity contribution in [1.29, 1.82) is 0 Å². The Bertz CT molecular complexity index is 578. The number of aromatic nitrogens is 2. The minimum absolute atomic E-state index is 0.104. The molecule has 0 radical (unpaired) electrons. The van der Waals surface area contributed by atoms with E-state index in [1.165, 1.54) is 0 Å². The van der Waals surface area contributed by atoms with E-state index in [2.05, 4.69) is 20.9 Å². The quantitative estimate of drug-likeness (QED) is 0.945. The van der Waals surface area contributed by atoms with Gasteiger partial charge in [0.05, 0.1) is 12.1 Å². The third kappa shape index (κ3) is 2.79. The maximum absolute atomic E-state index is 10.5. The first-order chi connectivity index (χ1) is 8.58. The first-order valence-corrected chi connectivity index (χ1v) is 6.36. The number of rotatable bonds is 4. The van der Waals surface area contributed by atoms with Gasteiger partial charge in [-0.1, -0.05) is 34.1 Å². The third-order valence-corrected chi connectivity index (χ3v) is 3.33. The van der Waals surface area contributed by atoms with E-state index in [1.807, 2.05) is 42.1 Å². The second kappa shape index (κ2) is 5.35. The maximum atomic E-state index is 10.5. The van der Waals surface area contributed by atoms with Crippen LogP contribution in [-0.2, 0) is 18.3 Å². The van der Waals surface area contributed by atoms with E-state index in [4.69, 9.17) is 5.11 Å². The van der Waals surface area contributed by atoms with Gasteiger partial charge in [0.25, 0.3) is 0 Å². The standard InChI is InChI=1S/C13H13BrN2O2/c1-16-8-9(6-7-12(17)18)15-13(16)10-4-2-3-5-11(10)14/h2-5,8H,6-7H2,1H3,(H,17,18). The van der Waals surface area contributed by atoms with Crippen LogP contribution in [0.3, 0.4) is 0 Å². The SMILES string of the molecule is Cn1cc(CCC(=O)O)nc1-c1ccccc1Br. The van der Waals surface area contributed by atoms with Crippen LogP contribution < -0.4 is 0 Å². The lowest BCUT2D eigenvalue weighted by Gasteiger charge is -2.03. The van der Waals surface area contributed by atoms with E-state index in [-0.39, 0.29) is 6.42 Å². The minimum atomic E-state index is -0.803. The van der Waals surface area contributed by atoms with Gasteiger partial charge in [-0.15, -0.1) is 0 Å². The molecule has 0 aliphatic carbocycles. The summed E-state index contributed by atoms with van der Waals surface area (Å²) in [6.45, 7) is 0. The fraction of sp³-hybridized carbons (Fsp3) is 0.231. The Balaban J connectivity index is 2.30. The van der Waals surface area contributed by atoms with Crippen molar-refractivity contribution in [1.82, 2.24) is 9.55 Å². The largest absolute Gasteiger partial charge is 0.481 e. The van der Waals surface area contributed by atoms with Crippen LogP contribution >= 0.6 is 15.9 Å². The van der Waals surface area contributed by atoms with Gasteiger partial charge in [-0.25, -0.2) is 4.98 Å². The molecule has 2 aromatic rings. The molecule has 4 nitrogen and oxygen atoms in total. The van der Waals surface area contributed by atoms with Gasteiger partial charge in [0.1, 0.15) is 5.82 Å². The van der Waals surface area contributed by atoms with Crippen molar-refractivity contribution < 1.29 is 9.90 Å². The van der Waals surface area contributed by atoms with Crippen molar-refractivity contribution in [3.05, 3.63) is 40.6 Å². The van der Waals surface area contributed by atoms with Crippen LogP contribution in [0.5, 0.6) is 0 Å². The lowest BCUT2D eigenvalue weighted by Crippen LogP contribution is -1.97. The van der Waals surface area contributed by atoms with Gasteiger partial charge in [-0.05, 0) is 6.07 Å². The number of hydrogen-bond donors (Lipinski definition) is 1. The van der Waals surface area contributed by atoms with Crippen LogP contribution in [0.1, 0.15) is 12.1 Å². The average molecular weight is 309 g/mol. The predicted molar refractivity (Wildman–Crippen MR) is 72.3 cm³/mol. The van der Waals surface area contributed by atoms with Gasteiger partial charge in [-0.2, -0.15) is 0 Å². The number of aliphatic carboxylic acids is 1. The molecule has 0 unspecified atom stereocenters. The van der Waals surface area contributed by atoms with Gasteiger partial charge >= 0.3 is 5.97 Å². The molecular formula is C13H13BrN2O2. The molecule has 0 fully saturated rings. The summed E-state index contributed by atoms with van der Waals surface area (Å²) in [5, 5.41) is 8.67. The van der Waals surface area contributed by atoms with Gasteiger partial charge in [0, 0.05) is 29.7 Å². The molecule has 1 aromatic carbocycles. The first-order valence-electron chi connectivity index (χ1n) is 5.57. The highest BCUT2D eigenvalue weighted by atomic mass is 79.9. The first kappa shape index (κ1) is 12.8. The second-order valence-corrected chi connectivity index (χ2v) is 4.89. The Labute approximate surface area is 113 Å². The van der Waals surface area contributed by atoms with E-state index in [0.29, 0.717) is 6.42 Å². The Morgan fingerprint density at radius 3 is 2.83 bits per heavy atom. The van der Waals surface area contributed by atoms with Crippen molar-refractivity contribution in [2.45, 2.75) is 12.8 Å². The maximum Gasteiger partial charge on any atom is 0.303 e. The number of carbonyl (C=O) groups is 1. The molecule has 18 heavy (non-hydrogen) atoms. The summed E-state index contributed by atoms with van der Waals surface area (Å²) in [5.41, 5.74) is 1.80. The molecule has 0 spiro atoms. The zero-order chi connectivity index (χ0) is 13.1. The van der Waals surface area contributed by atoms with Crippen LogP contribution in [0.4, 0.5) is 0 Å². The Kier molecular flexibility index (Phi) is 3.81. The van der Waals surface area contributed by atoms with Gasteiger partial charge in [0.15, 0.2) is 0 Å². The van der Waals surface area contributed by atoms with Crippen molar-refractivity contribution in [3.8, 4) is 11.4 Å². The molecule has 0 aliphatic rings. The van der Waals surface area contributed by atoms with Crippen molar-refractivity contribution in [2.24, 2.45) is 7.05 Å². The molecule has 0 amide bonds. The summed E-state index contributed by atoms with van der Waals surface area (Å²) in [4.78, 5) is 15.0. The third-order valence-electron chi connectivity index (χ3n) is 2.64. The molecule has 0 atom stereocenters. The number of carboxylic acids is 1. The molecule has 0 bridgehead atoms. The highest BCUT2D eigenvalue weighted by Crippen LogP contribution is 2.26. The molecule has 1 aromatic heterocycles. The topological polar surface area (TPSA) is 55.1 Å². The van der Waals surface area contributed by atoms with Gasteiger partial charge in [0.2, 0.25) is 0 Å². The number of imidazole rings is 1. The van der Waals surface area contributed by atoms with Crippen LogP contribution in [0.2, 0.25) is 0 Å². The fourth-order valence-corrected chi connectivity index (χ4v) is 2.24. The summed E-state index contributed by atoms with van der Waals surface area (Å²) in [7, 11) is 1.91. The smallest absolute Gasteiger partial charge is 0.303 e. The predicted octanol–water partition coefficient (Wildman–Crippen LogP) is 2.87. The number of aryl methyl sites for hydroxylation is 2. The molecular weight excluding hydrogens is 296 g/mol. The summed E-state index contributed by atoms with van der Waals surface area (Å²) >= 11 is 3.49. The Hall–Kier alpha value is -1.62. The van der Waals surface area contributed by atoms with E-state index < -0.39 is 5.97 Å². The Morgan fingerprint density at radius 1 is 1.44 bits per heavy atom. The number of halogens is 1. The van der Waals surface area contributed by atoms with Crippen LogP contribution in [0.15, 0.2) is 34.9 Å². The molecule has 1 N–H and O–H groups in total. The van der Waals surface area contributed by atoms with Crippen LogP contribution in [0, 0.1) is 0 Å². The minimum Gasteiger partial charge on any atom is -0.481 e. The normalized spacial score (nSPS) is 10.6. The molecule has 0 saturated carbocycles. The Morgan fingerprint density at radius 2 is 2.17 bits per heavy atom. The lowest BCUT2D eigenvalue weighted by atomic mass is 10.2. The average Bonchev–Trinajstić information content (AvgIpc) is 2.69. The summed E-state index contributed by atoms with van der Waals surface area (Å²) in [6.07, 6.45) is 2.43. The summed E-state index contributed by atoms with van der Waals surface area (Å²) < 4.78 is 2.89. The molecule has 1 heterocycles. The van der Waals surface area contributed by atoms with Crippen molar-refractivity contribution in [2.75, 3.05) is 0 Å². The van der Waals surface area contributed by atoms with Crippen LogP contribution in [0.25, 0.3) is 11.4 Å². The number of nitrogens with zero attached hydrogens (tertiary/aromatic N) is 2. The van der Waals surface area contributed by atoms with E-state index >= 15 is 0 Å². The van der Waals surface area contributed by atoms with E-state index in [0.717, 1.165) is 21.6 Å². The van der Waals surface area contributed by atoms with E-state index in [1.54, 1.807) is 0 Å². The number of carboxylic acid groups (broad SMARTS) is 1. The summed E-state index contributed by atoms with van der Waals surface area (Å²) in [6, 6.07) is 7.84. The van der Waals surface area contributed by atoms with E-state index in [9.17, 15) is 4.79 Å². The highest BCUT2D eigenvalue weighted by molar-refractivity contribution is 9.10.